The Hall–Kier alpha value is -3.91. The molecule has 218 valence electrons. The highest BCUT2D eigenvalue weighted by Crippen LogP contribution is 2.29. The molecule has 1 unspecified atom stereocenters. The summed E-state index contributed by atoms with van der Waals surface area (Å²) in [6.07, 6.45) is 3.65. The lowest BCUT2D eigenvalue weighted by molar-refractivity contribution is -0.121. The van der Waals surface area contributed by atoms with Crippen molar-refractivity contribution in [3.63, 3.8) is 0 Å². The molecule has 0 saturated heterocycles. The van der Waals surface area contributed by atoms with Gasteiger partial charge in [0.05, 0.1) is 10.8 Å². The van der Waals surface area contributed by atoms with Crippen LogP contribution in [-0.4, -0.2) is 53.1 Å². The highest BCUT2D eigenvalue weighted by molar-refractivity contribution is 8.00. The molecule has 1 atom stereocenters. The molecule has 42 heavy (non-hydrogen) atoms. The maximum absolute atomic E-state index is 13.6. The van der Waals surface area contributed by atoms with Gasteiger partial charge in [-0.05, 0) is 63.8 Å². The van der Waals surface area contributed by atoms with Gasteiger partial charge in [0.15, 0.2) is 5.78 Å². The number of fused-ring (bicyclic) bond motifs is 1. The van der Waals surface area contributed by atoms with Crippen LogP contribution < -0.4 is 15.5 Å². The molecule has 1 heterocycles. The van der Waals surface area contributed by atoms with Crippen LogP contribution in [0.5, 0.6) is 0 Å². The third kappa shape index (κ3) is 7.48. The first-order valence-electron chi connectivity index (χ1n) is 14.6. The Morgan fingerprint density at radius 2 is 1.48 bits per heavy atom. The molecule has 8 heteroatoms. The van der Waals surface area contributed by atoms with Gasteiger partial charge >= 0.3 is 0 Å². The van der Waals surface area contributed by atoms with Gasteiger partial charge in [0, 0.05) is 48.4 Å². The number of para-hydroxylation sites is 1. The van der Waals surface area contributed by atoms with Crippen molar-refractivity contribution in [3.8, 4) is 0 Å². The van der Waals surface area contributed by atoms with Crippen LogP contribution in [0.4, 0.5) is 11.8 Å². The second-order valence-electron chi connectivity index (χ2n) is 11.4. The first-order chi connectivity index (χ1) is 20.2. The number of aromatic nitrogens is 2. The van der Waals surface area contributed by atoms with Crippen LogP contribution in [0.2, 0.25) is 0 Å². The van der Waals surface area contributed by atoms with Crippen LogP contribution in [0, 0.1) is 13.8 Å². The van der Waals surface area contributed by atoms with E-state index in [1.165, 1.54) is 11.8 Å². The summed E-state index contributed by atoms with van der Waals surface area (Å²) in [5, 5.41) is 7.33. The Morgan fingerprint density at radius 3 is 2.14 bits per heavy atom. The van der Waals surface area contributed by atoms with Gasteiger partial charge in [0.25, 0.3) is 0 Å². The van der Waals surface area contributed by atoms with Crippen molar-refractivity contribution in [1.29, 1.82) is 0 Å². The summed E-state index contributed by atoms with van der Waals surface area (Å²) in [5.41, 5.74) is 3.82. The van der Waals surface area contributed by atoms with Crippen molar-refractivity contribution >= 4 is 46.1 Å². The highest BCUT2D eigenvalue weighted by atomic mass is 32.2. The molecule has 1 saturated carbocycles. The summed E-state index contributed by atoms with van der Waals surface area (Å²) >= 11 is 1.46. The summed E-state index contributed by atoms with van der Waals surface area (Å²) in [6, 6.07) is 24.0. The second kappa shape index (κ2) is 13.4. The number of benzene rings is 3. The Labute approximate surface area is 252 Å². The molecule has 3 aromatic carbocycles. The van der Waals surface area contributed by atoms with Gasteiger partial charge in [0.2, 0.25) is 11.9 Å². The van der Waals surface area contributed by atoms with E-state index in [1.807, 2.05) is 106 Å². The topological polar surface area (TPSA) is 87.2 Å². The second-order valence-corrected chi connectivity index (χ2v) is 12.7. The number of amides is 1. The van der Waals surface area contributed by atoms with Crippen LogP contribution in [0.1, 0.15) is 53.6 Å². The van der Waals surface area contributed by atoms with E-state index in [2.05, 4.69) is 10.6 Å². The number of rotatable bonds is 10. The number of hydrogen-bond acceptors (Lipinski definition) is 7. The van der Waals surface area contributed by atoms with Gasteiger partial charge in [-0.15, -0.1) is 11.8 Å². The molecule has 1 aliphatic rings. The number of carbonyl (C=O) groups excluding carboxylic acids is 2. The predicted molar refractivity (Wildman–Crippen MR) is 173 cm³/mol. The summed E-state index contributed by atoms with van der Waals surface area (Å²) < 4.78 is 0. The third-order valence-electron chi connectivity index (χ3n) is 7.75. The fourth-order valence-corrected chi connectivity index (χ4v) is 6.35. The lowest BCUT2D eigenvalue weighted by atomic mass is 9.91. The number of Topliss-reactive ketones (excluding diaryl/α,β-unsaturated/α-hetero) is 1. The smallest absolute Gasteiger partial charge is 0.234 e. The SMILES string of the molecule is Cc1ccc(SC(CC(=O)c2ccc(C)cc2)C(=O)NC2CCC(Nc3nc(N(C)C)c4ccccc4n3)CC2)cc1. The lowest BCUT2D eigenvalue weighted by Crippen LogP contribution is -2.44. The molecular weight excluding hydrogens is 542 g/mol. The van der Waals surface area contributed by atoms with E-state index in [4.69, 9.17) is 9.97 Å². The molecule has 0 aliphatic heterocycles. The standard InChI is InChI=1S/C34H39N5O2S/c1-22-9-13-24(14-10-22)30(40)21-31(42-27-19-11-23(2)12-20-27)33(41)35-25-15-17-26(18-16-25)36-34-37-29-8-6-5-7-28(29)32(38-34)39(3)4/h5-14,19-20,25-26,31H,15-18,21H2,1-4H3,(H,35,41)(H,36,37,38). The minimum absolute atomic E-state index is 0.0184. The van der Waals surface area contributed by atoms with Crippen molar-refractivity contribution in [3.05, 3.63) is 89.5 Å². The number of aryl methyl sites for hydroxylation is 2. The maximum atomic E-state index is 13.6. The van der Waals surface area contributed by atoms with Crippen LogP contribution in [0.3, 0.4) is 0 Å². The highest BCUT2D eigenvalue weighted by Gasteiger charge is 2.28. The zero-order chi connectivity index (χ0) is 29.6. The molecular formula is C34H39N5O2S. The van der Waals surface area contributed by atoms with Gasteiger partial charge in [-0.25, -0.2) is 4.98 Å². The third-order valence-corrected chi connectivity index (χ3v) is 8.96. The average Bonchev–Trinajstić information content (AvgIpc) is 2.98. The number of nitrogens with zero attached hydrogens (tertiary/aromatic N) is 3. The molecule has 2 N–H and O–H groups in total. The van der Waals surface area contributed by atoms with E-state index in [-0.39, 0.29) is 30.2 Å². The summed E-state index contributed by atoms with van der Waals surface area (Å²) in [7, 11) is 3.98. The number of hydrogen-bond donors (Lipinski definition) is 2. The zero-order valence-electron chi connectivity index (χ0n) is 24.8. The van der Waals surface area contributed by atoms with Gasteiger partial charge in [-0.3, -0.25) is 9.59 Å². The summed E-state index contributed by atoms with van der Waals surface area (Å²) in [6.45, 7) is 4.04. The summed E-state index contributed by atoms with van der Waals surface area (Å²) in [5.74, 6) is 1.43. The van der Waals surface area contributed by atoms with E-state index in [9.17, 15) is 9.59 Å². The van der Waals surface area contributed by atoms with E-state index in [0.29, 0.717) is 11.5 Å². The van der Waals surface area contributed by atoms with Gasteiger partial charge < -0.3 is 15.5 Å². The van der Waals surface area contributed by atoms with Crippen LogP contribution >= 0.6 is 11.8 Å². The maximum Gasteiger partial charge on any atom is 0.234 e. The Morgan fingerprint density at radius 1 is 0.857 bits per heavy atom. The largest absolute Gasteiger partial charge is 0.362 e. The Bertz CT molecular complexity index is 1530. The molecule has 0 spiro atoms. The molecule has 5 rings (SSSR count). The van der Waals surface area contributed by atoms with Gasteiger partial charge in [-0.2, -0.15) is 4.98 Å². The quantitative estimate of drug-likeness (QED) is 0.161. The number of anilines is 2. The monoisotopic (exact) mass is 581 g/mol. The molecule has 1 aliphatic carbocycles. The molecule has 7 nitrogen and oxygen atoms in total. The molecule has 1 aromatic heterocycles. The Kier molecular flexibility index (Phi) is 9.42. The lowest BCUT2D eigenvalue weighted by Gasteiger charge is -2.31. The van der Waals surface area contributed by atoms with Crippen LogP contribution in [0.15, 0.2) is 77.7 Å². The van der Waals surface area contributed by atoms with Crippen molar-refractivity contribution < 1.29 is 9.59 Å². The normalized spacial score (nSPS) is 17.4. The molecule has 1 amide bonds. The zero-order valence-corrected chi connectivity index (χ0v) is 25.6. The van der Waals surface area contributed by atoms with Gasteiger partial charge in [-0.1, -0.05) is 59.7 Å². The Balaban J connectivity index is 1.21. The van der Waals surface area contributed by atoms with Crippen molar-refractivity contribution in [2.75, 3.05) is 24.3 Å². The summed E-state index contributed by atoms with van der Waals surface area (Å²) in [4.78, 5) is 39.3. The fourth-order valence-electron chi connectivity index (χ4n) is 5.32. The minimum Gasteiger partial charge on any atom is -0.362 e. The first kappa shape index (κ1) is 29.6. The predicted octanol–water partition coefficient (Wildman–Crippen LogP) is 6.59. The number of carbonyl (C=O) groups is 2. The van der Waals surface area contributed by atoms with Crippen LogP contribution in [0.25, 0.3) is 10.9 Å². The number of nitrogens with one attached hydrogen (secondary N) is 2. The number of ketones is 1. The molecule has 4 aromatic rings. The van der Waals surface area contributed by atoms with Gasteiger partial charge in [0.1, 0.15) is 5.82 Å². The van der Waals surface area contributed by atoms with E-state index < -0.39 is 5.25 Å². The van der Waals surface area contributed by atoms with E-state index >= 15 is 0 Å². The number of thioether (sulfide) groups is 1. The molecule has 0 radical (unpaired) electrons. The van der Waals surface area contributed by atoms with Crippen molar-refractivity contribution in [2.24, 2.45) is 0 Å². The molecule has 1 fully saturated rings. The van der Waals surface area contributed by atoms with Crippen LogP contribution in [-0.2, 0) is 4.79 Å². The van der Waals surface area contributed by atoms with E-state index in [0.717, 1.165) is 58.4 Å². The van der Waals surface area contributed by atoms with Crippen molar-refractivity contribution in [1.82, 2.24) is 15.3 Å². The fraction of sp³-hybridized carbons (Fsp3) is 0.353. The van der Waals surface area contributed by atoms with Crippen molar-refractivity contribution in [2.45, 2.75) is 68.2 Å². The molecule has 0 bridgehead atoms. The van der Waals surface area contributed by atoms with E-state index in [1.54, 1.807) is 0 Å². The average molecular weight is 582 g/mol. The minimum atomic E-state index is -0.507. The first-order valence-corrected chi connectivity index (χ1v) is 15.5.